The summed E-state index contributed by atoms with van der Waals surface area (Å²) in [5.74, 6) is 1.05. The monoisotopic (exact) mass is 356 g/mol. The Balaban J connectivity index is 2.35. The third kappa shape index (κ3) is 3.53. The van der Waals surface area contributed by atoms with Gasteiger partial charge in [-0.15, -0.1) is 11.6 Å². The molecule has 0 radical (unpaired) electrons. The van der Waals surface area contributed by atoms with Crippen LogP contribution in [0.1, 0.15) is 30.9 Å². The molecule has 4 heteroatoms. The molecule has 0 aromatic heterocycles. The van der Waals surface area contributed by atoms with Gasteiger partial charge in [-0.1, -0.05) is 35.8 Å². The smallest absolute Gasteiger partial charge is 0.166 e. The zero-order valence-electron chi connectivity index (χ0n) is 11.3. The van der Waals surface area contributed by atoms with E-state index in [1.54, 1.807) is 12.1 Å². The molecule has 20 heavy (non-hydrogen) atoms. The van der Waals surface area contributed by atoms with Crippen LogP contribution in [0.3, 0.4) is 0 Å². The van der Waals surface area contributed by atoms with Gasteiger partial charge < -0.3 is 4.74 Å². The average Bonchev–Trinajstić information content (AvgIpc) is 2.42. The van der Waals surface area contributed by atoms with Crippen molar-refractivity contribution in [3.05, 3.63) is 57.8 Å². The molecule has 2 aromatic carbocycles. The topological polar surface area (TPSA) is 9.23 Å². The lowest BCUT2D eigenvalue weighted by Crippen LogP contribution is -1.96. The molecule has 0 atom stereocenters. The van der Waals surface area contributed by atoms with Crippen LogP contribution in [0.15, 0.2) is 40.9 Å². The first kappa shape index (κ1) is 15.3. The Bertz CT molecular complexity index is 613. The van der Waals surface area contributed by atoms with Gasteiger partial charge in [0.05, 0.1) is 0 Å². The molecule has 0 spiro atoms. The Morgan fingerprint density at radius 3 is 2.45 bits per heavy atom. The molecule has 0 amide bonds. The Hall–Kier alpha value is -1.06. The van der Waals surface area contributed by atoms with Crippen LogP contribution in [0, 0.1) is 5.82 Å². The summed E-state index contributed by atoms with van der Waals surface area (Å²) in [6, 6.07) is 10.5. The summed E-state index contributed by atoms with van der Waals surface area (Å²) in [6.45, 7) is 4.14. The predicted octanol–water partition coefficient (Wildman–Crippen LogP) is 6.24. The lowest BCUT2D eigenvalue weighted by molar-refractivity contribution is 0.435. The summed E-state index contributed by atoms with van der Waals surface area (Å²) in [7, 11) is 0. The summed E-state index contributed by atoms with van der Waals surface area (Å²) < 4.78 is 20.6. The highest BCUT2D eigenvalue weighted by molar-refractivity contribution is 9.10. The van der Waals surface area contributed by atoms with Crippen molar-refractivity contribution in [1.82, 2.24) is 0 Å². The standard InChI is InChI=1S/C16H15BrClFO/c1-10(2)13-8-12(17)4-6-15(13)20-16-5-3-11(9-18)7-14(16)19/h3-8,10H,9H2,1-2H3. The number of hydrogen-bond donors (Lipinski definition) is 0. The number of hydrogen-bond acceptors (Lipinski definition) is 1. The Morgan fingerprint density at radius 2 is 1.85 bits per heavy atom. The summed E-state index contributed by atoms with van der Waals surface area (Å²) in [4.78, 5) is 0. The maximum absolute atomic E-state index is 13.9. The minimum Gasteiger partial charge on any atom is -0.454 e. The first-order valence-corrected chi connectivity index (χ1v) is 7.65. The van der Waals surface area contributed by atoms with Crippen LogP contribution in [-0.4, -0.2) is 0 Å². The van der Waals surface area contributed by atoms with Gasteiger partial charge in [-0.25, -0.2) is 4.39 Å². The van der Waals surface area contributed by atoms with Crippen LogP contribution in [-0.2, 0) is 5.88 Å². The summed E-state index contributed by atoms with van der Waals surface area (Å²) in [5.41, 5.74) is 1.76. The average molecular weight is 358 g/mol. The molecule has 2 aromatic rings. The molecule has 0 heterocycles. The first-order valence-electron chi connectivity index (χ1n) is 6.33. The zero-order chi connectivity index (χ0) is 14.7. The number of alkyl halides is 1. The molecular formula is C16H15BrClFO. The molecule has 0 N–H and O–H groups in total. The highest BCUT2D eigenvalue weighted by Gasteiger charge is 2.12. The van der Waals surface area contributed by atoms with E-state index in [-0.39, 0.29) is 17.5 Å². The fourth-order valence-electron chi connectivity index (χ4n) is 1.89. The maximum atomic E-state index is 13.9. The second-order valence-electron chi connectivity index (χ2n) is 4.84. The molecule has 0 aliphatic carbocycles. The van der Waals surface area contributed by atoms with E-state index in [0.29, 0.717) is 5.75 Å². The fourth-order valence-corrected chi connectivity index (χ4v) is 2.44. The van der Waals surface area contributed by atoms with Crippen molar-refractivity contribution in [3.8, 4) is 11.5 Å². The van der Waals surface area contributed by atoms with E-state index in [1.807, 2.05) is 18.2 Å². The molecule has 0 saturated carbocycles. The van der Waals surface area contributed by atoms with E-state index in [1.165, 1.54) is 6.07 Å². The van der Waals surface area contributed by atoms with E-state index in [9.17, 15) is 4.39 Å². The van der Waals surface area contributed by atoms with Crippen molar-refractivity contribution in [2.45, 2.75) is 25.6 Å². The number of benzene rings is 2. The van der Waals surface area contributed by atoms with Gasteiger partial charge in [0.15, 0.2) is 11.6 Å². The molecule has 0 unspecified atom stereocenters. The number of rotatable bonds is 4. The van der Waals surface area contributed by atoms with Crippen LogP contribution in [0.25, 0.3) is 0 Å². The number of ether oxygens (including phenoxy) is 1. The Labute approximate surface area is 131 Å². The van der Waals surface area contributed by atoms with Gasteiger partial charge in [-0.3, -0.25) is 0 Å². The molecular weight excluding hydrogens is 343 g/mol. The van der Waals surface area contributed by atoms with E-state index in [0.717, 1.165) is 15.6 Å². The largest absolute Gasteiger partial charge is 0.454 e. The van der Waals surface area contributed by atoms with Gasteiger partial charge in [0.2, 0.25) is 0 Å². The van der Waals surface area contributed by atoms with Crippen LogP contribution < -0.4 is 4.74 Å². The van der Waals surface area contributed by atoms with Crippen molar-refractivity contribution in [2.75, 3.05) is 0 Å². The van der Waals surface area contributed by atoms with Gasteiger partial charge >= 0.3 is 0 Å². The molecule has 1 nitrogen and oxygen atoms in total. The normalized spacial score (nSPS) is 10.9. The van der Waals surface area contributed by atoms with E-state index >= 15 is 0 Å². The molecule has 0 fully saturated rings. The van der Waals surface area contributed by atoms with Crippen molar-refractivity contribution in [1.29, 1.82) is 0 Å². The molecule has 0 bridgehead atoms. The van der Waals surface area contributed by atoms with Gasteiger partial charge in [0.1, 0.15) is 5.75 Å². The van der Waals surface area contributed by atoms with Crippen LogP contribution in [0.4, 0.5) is 4.39 Å². The van der Waals surface area contributed by atoms with Crippen LogP contribution in [0.2, 0.25) is 0 Å². The summed E-state index contributed by atoms with van der Waals surface area (Å²) in [5, 5.41) is 0. The molecule has 0 aliphatic rings. The quantitative estimate of drug-likeness (QED) is 0.588. The summed E-state index contributed by atoms with van der Waals surface area (Å²) >= 11 is 9.12. The van der Waals surface area contributed by atoms with Gasteiger partial charge in [0, 0.05) is 10.4 Å². The van der Waals surface area contributed by atoms with Crippen LogP contribution >= 0.6 is 27.5 Å². The van der Waals surface area contributed by atoms with E-state index in [4.69, 9.17) is 16.3 Å². The molecule has 106 valence electrons. The Morgan fingerprint density at radius 1 is 1.15 bits per heavy atom. The second kappa shape index (κ2) is 6.59. The van der Waals surface area contributed by atoms with E-state index < -0.39 is 5.82 Å². The minimum atomic E-state index is -0.402. The predicted molar refractivity (Wildman–Crippen MR) is 84.3 cm³/mol. The van der Waals surface area contributed by atoms with Crippen molar-refractivity contribution < 1.29 is 9.13 Å². The van der Waals surface area contributed by atoms with Gasteiger partial charge in [-0.2, -0.15) is 0 Å². The molecule has 0 saturated heterocycles. The van der Waals surface area contributed by atoms with Crippen LogP contribution in [0.5, 0.6) is 11.5 Å². The first-order chi connectivity index (χ1) is 9.51. The SMILES string of the molecule is CC(C)c1cc(Br)ccc1Oc1ccc(CCl)cc1F. The number of halogens is 3. The van der Waals surface area contributed by atoms with E-state index in [2.05, 4.69) is 29.8 Å². The fraction of sp³-hybridized carbons (Fsp3) is 0.250. The van der Waals surface area contributed by atoms with Crippen molar-refractivity contribution in [3.63, 3.8) is 0 Å². The third-order valence-electron chi connectivity index (χ3n) is 2.96. The Kier molecular flexibility index (Phi) is 5.06. The summed E-state index contributed by atoms with van der Waals surface area (Å²) in [6.07, 6.45) is 0. The zero-order valence-corrected chi connectivity index (χ0v) is 13.6. The van der Waals surface area contributed by atoms with Crippen molar-refractivity contribution in [2.24, 2.45) is 0 Å². The van der Waals surface area contributed by atoms with Gasteiger partial charge in [-0.05, 0) is 47.4 Å². The lowest BCUT2D eigenvalue weighted by atomic mass is 10.0. The minimum absolute atomic E-state index is 0.211. The second-order valence-corrected chi connectivity index (χ2v) is 6.02. The highest BCUT2D eigenvalue weighted by atomic mass is 79.9. The van der Waals surface area contributed by atoms with Gasteiger partial charge in [0.25, 0.3) is 0 Å². The molecule has 2 rings (SSSR count). The van der Waals surface area contributed by atoms with Crippen molar-refractivity contribution >= 4 is 27.5 Å². The highest BCUT2D eigenvalue weighted by Crippen LogP contribution is 2.34. The molecule has 0 aliphatic heterocycles. The lowest BCUT2D eigenvalue weighted by Gasteiger charge is -2.15. The third-order valence-corrected chi connectivity index (χ3v) is 3.77. The maximum Gasteiger partial charge on any atom is 0.166 e.